The summed E-state index contributed by atoms with van der Waals surface area (Å²) in [6, 6.07) is 78.5. The third kappa shape index (κ3) is 10.1. The second-order valence-corrected chi connectivity index (χ2v) is 24.3. The number of unbranched alkanes of at least 4 members (excludes halogenated alkanes) is 10. The summed E-state index contributed by atoms with van der Waals surface area (Å²) in [6.07, 6.45) is 18.7. The van der Waals surface area contributed by atoms with Crippen LogP contribution in [-0.2, 0) is 30.9 Å². The van der Waals surface area contributed by atoms with Gasteiger partial charge in [-0.3, -0.25) is 0 Å². The number of ether oxygens (including phenoxy) is 2. The fourth-order valence-corrected chi connectivity index (χ4v) is 14.9. The number of hydrogen-bond donors (Lipinski definition) is 0. The van der Waals surface area contributed by atoms with E-state index in [0.717, 1.165) is 60.1 Å². The molecule has 0 saturated carbocycles. The monoisotopic (exact) mass is 1310 g/mol. The minimum Gasteiger partial charge on any atom is -0.494 e. The Morgan fingerprint density at radius 2 is 0.897 bits per heavy atom. The number of hydrogen-bond acceptors (Lipinski definition) is 4. The third-order valence-electron chi connectivity index (χ3n) is 18.9. The normalized spacial score (nSPS) is 14.4. The first-order valence-electron chi connectivity index (χ1n) is 31.8. The van der Waals surface area contributed by atoms with Crippen molar-refractivity contribution < 1.29 is 29.6 Å². The van der Waals surface area contributed by atoms with Crippen molar-refractivity contribution >= 4 is 10.8 Å². The molecule has 0 amide bonds. The van der Waals surface area contributed by atoms with Crippen molar-refractivity contribution in [1.82, 2.24) is 9.97 Å². The molecule has 0 bridgehead atoms. The molecule has 0 saturated heterocycles. The molecule has 1 atom stereocenters. The van der Waals surface area contributed by atoms with Crippen molar-refractivity contribution in [3.63, 3.8) is 0 Å². The minimum atomic E-state index is -0.524. The standard InChI is InChI=1S/C67H64NO2.C15H10N.Ir/c1-5-7-9-11-13-17-36-69-48-27-33-58-55(42-48)56-43-49(70-37-18-14-12-10-8-6-2)28-34-59(56)66(58)61-38-44(3)23-29-50(61)52-31-25-46(40-63(52)66)47-26-32-53-51-30-24-45(4)39-62(51)67(64(53)41-47)57-21-16-15-20-54(57)65-60(67)22-19-35-68-65;1-2-7-13(8-3-1)15-14-9-5-4-6-12(14)10-11-16-15;/h15-16,19,21-35,38-43H,5-14,17-18,36-37H2,1-4H3;1-7,9-11H;/q2*-1;. The largest absolute Gasteiger partial charge is 0.494 e. The van der Waals surface area contributed by atoms with Gasteiger partial charge >= 0.3 is 0 Å². The summed E-state index contributed by atoms with van der Waals surface area (Å²) in [4.78, 5) is 9.48. The van der Waals surface area contributed by atoms with Gasteiger partial charge in [-0.15, -0.1) is 71.3 Å². The zero-order valence-electron chi connectivity index (χ0n) is 50.6. The molecular formula is C82H74IrN2O2-2. The maximum absolute atomic E-state index is 6.60. The molecule has 1 unspecified atom stereocenters. The van der Waals surface area contributed by atoms with E-state index in [1.807, 2.05) is 60.9 Å². The van der Waals surface area contributed by atoms with E-state index < -0.39 is 10.8 Å². The van der Waals surface area contributed by atoms with Crippen molar-refractivity contribution in [3.8, 4) is 78.5 Å². The van der Waals surface area contributed by atoms with Gasteiger partial charge in [0.25, 0.3) is 0 Å². The Hall–Kier alpha value is -8.21. The summed E-state index contributed by atoms with van der Waals surface area (Å²) in [5.74, 6) is 1.88. The number of fused-ring (bicyclic) bond motifs is 21. The molecule has 2 spiro atoms. The van der Waals surface area contributed by atoms with Gasteiger partial charge in [0, 0.05) is 37.9 Å². The van der Waals surface area contributed by atoms with E-state index in [2.05, 4.69) is 190 Å². The van der Waals surface area contributed by atoms with Crippen LogP contribution in [-0.4, -0.2) is 23.2 Å². The average molecular weight is 1310 g/mol. The molecule has 1 radical (unpaired) electrons. The van der Waals surface area contributed by atoms with Gasteiger partial charge < -0.3 is 19.4 Å². The van der Waals surface area contributed by atoms with E-state index in [1.54, 1.807) is 0 Å². The Kier molecular flexibility index (Phi) is 16.5. The molecule has 0 N–H and O–H groups in total. The molecule has 11 aromatic rings. The number of nitrogens with zero attached hydrogens (tertiary/aromatic N) is 2. The van der Waals surface area contributed by atoms with Crippen LogP contribution in [0.4, 0.5) is 0 Å². The Labute approximate surface area is 528 Å². The van der Waals surface area contributed by atoms with Gasteiger partial charge in [-0.05, 0) is 175 Å². The van der Waals surface area contributed by atoms with Crippen molar-refractivity contribution in [2.45, 2.75) is 116 Å². The Bertz CT molecular complexity index is 4210. The topological polar surface area (TPSA) is 44.2 Å². The SMILES string of the molecule is CCCCCCCCOc1ccc2c(c1)-c1cc(OCCCCCCCC)ccc1C21c2cc(C)ccc2-c2ccc(-c3ccc4c(c3)C3(c5ccc[c-]c5-c5ncccc53)c3cc(C)ccc3-4)cc21.[Ir].[c-]1ccccc1-c1nccc2ccccc12. The van der Waals surface area contributed by atoms with Gasteiger partial charge in [-0.2, -0.15) is 0 Å². The number of benzene rings is 9. The second-order valence-electron chi connectivity index (χ2n) is 24.3. The number of pyridine rings is 2. The average Bonchev–Trinajstić information content (AvgIpc) is 1.53. The van der Waals surface area contributed by atoms with Crippen LogP contribution in [0.25, 0.3) is 77.8 Å². The summed E-state index contributed by atoms with van der Waals surface area (Å²) < 4.78 is 13.2. The first-order chi connectivity index (χ1) is 42.4. The van der Waals surface area contributed by atoms with Crippen LogP contribution >= 0.6 is 0 Å². The van der Waals surface area contributed by atoms with Crippen molar-refractivity contribution in [2.75, 3.05) is 13.2 Å². The molecule has 4 aliphatic rings. The van der Waals surface area contributed by atoms with Crippen LogP contribution in [0.1, 0.15) is 147 Å². The summed E-state index contributed by atoms with van der Waals surface area (Å²) in [5, 5.41) is 2.39. The maximum Gasteiger partial charge on any atom is 0.119 e. The maximum atomic E-state index is 6.60. The van der Waals surface area contributed by atoms with E-state index in [4.69, 9.17) is 14.5 Å². The van der Waals surface area contributed by atoms with Crippen LogP contribution < -0.4 is 9.47 Å². The van der Waals surface area contributed by atoms with Gasteiger partial charge in [-0.1, -0.05) is 198 Å². The Morgan fingerprint density at radius 3 is 1.49 bits per heavy atom. The zero-order chi connectivity index (χ0) is 58.2. The van der Waals surface area contributed by atoms with Crippen molar-refractivity contribution in [2.24, 2.45) is 0 Å². The Balaban J connectivity index is 0.000000355. The predicted octanol–water partition coefficient (Wildman–Crippen LogP) is 21.0. The second kappa shape index (κ2) is 24.9. The first-order valence-corrected chi connectivity index (χ1v) is 31.8. The van der Waals surface area contributed by atoms with Crippen LogP contribution in [0.15, 0.2) is 207 Å². The molecule has 4 nitrogen and oxygen atoms in total. The fourth-order valence-electron chi connectivity index (χ4n) is 14.9. The summed E-state index contributed by atoms with van der Waals surface area (Å²) >= 11 is 0. The molecule has 9 aromatic carbocycles. The van der Waals surface area contributed by atoms with Gasteiger partial charge in [0.2, 0.25) is 0 Å². The molecule has 0 aliphatic heterocycles. The van der Waals surface area contributed by atoms with E-state index in [1.165, 1.54) is 175 Å². The molecule has 87 heavy (non-hydrogen) atoms. The van der Waals surface area contributed by atoms with Crippen molar-refractivity contribution in [3.05, 3.63) is 274 Å². The fraction of sp³-hybridized carbons (Fsp3) is 0.244. The predicted molar refractivity (Wildman–Crippen MR) is 354 cm³/mol. The molecular weight excluding hydrogens is 1240 g/mol. The van der Waals surface area contributed by atoms with Crippen LogP contribution in [0.3, 0.4) is 0 Å². The Morgan fingerprint density at radius 1 is 0.379 bits per heavy atom. The molecule has 2 aromatic heterocycles. The quantitative estimate of drug-likeness (QED) is 0.0634. The van der Waals surface area contributed by atoms with Crippen LogP contribution in [0.5, 0.6) is 11.5 Å². The van der Waals surface area contributed by atoms with E-state index in [-0.39, 0.29) is 20.1 Å². The zero-order valence-corrected chi connectivity index (χ0v) is 53.0. The molecule has 0 fully saturated rings. The molecule has 15 rings (SSSR count). The van der Waals surface area contributed by atoms with E-state index in [9.17, 15) is 0 Å². The first kappa shape index (κ1) is 57.8. The number of aryl methyl sites for hydroxylation is 2. The van der Waals surface area contributed by atoms with Crippen molar-refractivity contribution in [1.29, 1.82) is 0 Å². The van der Waals surface area contributed by atoms with E-state index in [0.29, 0.717) is 0 Å². The summed E-state index contributed by atoms with van der Waals surface area (Å²) in [5.41, 5.74) is 26.2. The van der Waals surface area contributed by atoms with Gasteiger partial charge in [0.1, 0.15) is 11.5 Å². The van der Waals surface area contributed by atoms with Crippen LogP contribution in [0.2, 0.25) is 0 Å². The molecule has 2 heterocycles. The smallest absolute Gasteiger partial charge is 0.119 e. The third-order valence-corrected chi connectivity index (χ3v) is 18.9. The molecule has 435 valence electrons. The number of aromatic nitrogens is 2. The van der Waals surface area contributed by atoms with Crippen LogP contribution in [0, 0.1) is 26.0 Å². The molecule has 5 heteroatoms. The van der Waals surface area contributed by atoms with E-state index >= 15 is 0 Å². The summed E-state index contributed by atoms with van der Waals surface area (Å²) in [7, 11) is 0. The summed E-state index contributed by atoms with van der Waals surface area (Å²) in [6.45, 7) is 10.5. The van der Waals surface area contributed by atoms with Gasteiger partial charge in [0.15, 0.2) is 0 Å². The minimum absolute atomic E-state index is 0. The number of rotatable bonds is 18. The molecule has 4 aliphatic carbocycles. The van der Waals surface area contributed by atoms with Gasteiger partial charge in [0.05, 0.1) is 18.6 Å². The van der Waals surface area contributed by atoms with Gasteiger partial charge in [-0.25, -0.2) is 0 Å².